The quantitative estimate of drug-likeness (QED) is 0.773. The second kappa shape index (κ2) is 9.79. The molecule has 1 heterocycles. The van der Waals surface area contributed by atoms with Crippen LogP contribution in [0.3, 0.4) is 0 Å². The van der Waals surface area contributed by atoms with Gasteiger partial charge >= 0.3 is 0 Å². The van der Waals surface area contributed by atoms with E-state index < -0.39 is 0 Å². The molecule has 0 aliphatic carbocycles. The molecule has 0 bridgehead atoms. The molecule has 0 unspecified atom stereocenters. The predicted octanol–water partition coefficient (Wildman–Crippen LogP) is 4.02. The van der Waals surface area contributed by atoms with Crippen molar-refractivity contribution in [1.29, 1.82) is 0 Å². The van der Waals surface area contributed by atoms with Crippen LogP contribution in [0.2, 0.25) is 0 Å². The van der Waals surface area contributed by atoms with Gasteiger partial charge in [0.15, 0.2) is 5.13 Å². The molecule has 0 aromatic carbocycles. The molecule has 3 heteroatoms. The highest BCUT2D eigenvalue weighted by Crippen LogP contribution is 2.23. The van der Waals surface area contributed by atoms with E-state index in [4.69, 9.17) is 0 Å². The molecule has 1 aromatic rings. The Morgan fingerprint density at radius 2 is 1.88 bits per heavy atom. The summed E-state index contributed by atoms with van der Waals surface area (Å²) in [5.74, 6) is 0. The maximum absolute atomic E-state index is 12.9. The molecule has 0 saturated carbocycles. The van der Waals surface area contributed by atoms with Gasteiger partial charge in [0.05, 0.1) is 0 Å². The first-order chi connectivity index (χ1) is 7.69. The summed E-state index contributed by atoms with van der Waals surface area (Å²) < 4.78 is 12.9. The number of hydrogen-bond acceptors (Lipinski definition) is 2. The van der Waals surface area contributed by atoms with Gasteiger partial charge in [-0.05, 0) is 45.0 Å². The highest BCUT2D eigenvalue weighted by Gasteiger charge is 2.06. The summed E-state index contributed by atoms with van der Waals surface area (Å²) in [5, 5.41) is 2.73. The standard InChI is InChI=1S/C11H17FS.C2H7N/c1-3-5-6-7-10-9(4-2)8-11(12)13-10;1-3-2/h8H,3-7H2,1-2H3;3H,1-2H3. The maximum atomic E-state index is 12.9. The third-order valence-corrected chi connectivity index (χ3v) is 3.28. The van der Waals surface area contributed by atoms with Crippen LogP contribution >= 0.6 is 11.3 Å². The summed E-state index contributed by atoms with van der Waals surface area (Å²) in [5.41, 5.74) is 1.21. The lowest BCUT2D eigenvalue weighted by molar-refractivity contribution is 0.656. The number of halogens is 1. The van der Waals surface area contributed by atoms with E-state index in [9.17, 15) is 4.39 Å². The van der Waals surface area contributed by atoms with Gasteiger partial charge in [-0.25, -0.2) is 0 Å². The van der Waals surface area contributed by atoms with E-state index in [1.165, 1.54) is 41.0 Å². The molecule has 0 aliphatic heterocycles. The molecule has 0 spiro atoms. The van der Waals surface area contributed by atoms with Gasteiger partial charge in [-0.15, -0.1) is 11.3 Å². The Morgan fingerprint density at radius 3 is 2.38 bits per heavy atom. The molecular weight excluding hydrogens is 221 g/mol. The Labute approximate surface area is 103 Å². The number of thiophene rings is 1. The van der Waals surface area contributed by atoms with Gasteiger partial charge in [-0.1, -0.05) is 26.7 Å². The van der Waals surface area contributed by atoms with E-state index in [-0.39, 0.29) is 5.13 Å². The van der Waals surface area contributed by atoms with Crippen molar-refractivity contribution in [3.8, 4) is 0 Å². The SMILES string of the molecule is CCCCCc1sc(F)cc1CC.CNC. The first-order valence-electron chi connectivity index (χ1n) is 6.05. The third-order valence-electron chi connectivity index (χ3n) is 2.25. The first kappa shape index (κ1) is 15.6. The maximum Gasteiger partial charge on any atom is 0.176 e. The Morgan fingerprint density at radius 1 is 1.25 bits per heavy atom. The lowest BCUT2D eigenvalue weighted by atomic mass is 10.1. The fourth-order valence-corrected chi connectivity index (χ4v) is 2.49. The van der Waals surface area contributed by atoms with Crippen LogP contribution in [0.1, 0.15) is 43.6 Å². The highest BCUT2D eigenvalue weighted by molar-refractivity contribution is 7.10. The van der Waals surface area contributed by atoms with Crippen molar-refractivity contribution in [2.24, 2.45) is 0 Å². The van der Waals surface area contributed by atoms with Gasteiger partial charge in [-0.2, -0.15) is 4.39 Å². The number of hydrogen-bond donors (Lipinski definition) is 1. The molecule has 94 valence electrons. The zero-order chi connectivity index (χ0) is 12.4. The minimum absolute atomic E-state index is 0.0247. The van der Waals surface area contributed by atoms with Gasteiger partial charge in [-0.3, -0.25) is 0 Å². The Hall–Kier alpha value is -0.410. The van der Waals surface area contributed by atoms with Crippen LogP contribution in [0.4, 0.5) is 4.39 Å². The monoisotopic (exact) mass is 245 g/mol. The summed E-state index contributed by atoms with van der Waals surface area (Å²) in [7, 11) is 3.75. The second-order valence-corrected chi connectivity index (χ2v) is 4.90. The van der Waals surface area contributed by atoms with Crippen molar-refractivity contribution in [3.05, 3.63) is 21.6 Å². The van der Waals surface area contributed by atoms with Crippen molar-refractivity contribution < 1.29 is 4.39 Å². The van der Waals surface area contributed by atoms with Gasteiger partial charge in [0.25, 0.3) is 0 Å². The molecule has 0 saturated heterocycles. The molecule has 0 fully saturated rings. The van der Waals surface area contributed by atoms with E-state index in [1.54, 1.807) is 6.07 Å². The summed E-state index contributed by atoms with van der Waals surface area (Å²) in [4.78, 5) is 1.26. The number of aryl methyl sites for hydroxylation is 2. The molecule has 16 heavy (non-hydrogen) atoms. The average molecular weight is 245 g/mol. The summed E-state index contributed by atoms with van der Waals surface area (Å²) in [6.45, 7) is 4.28. The smallest absolute Gasteiger partial charge is 0.176 e. The Bertz CT molecular complexity index is 271. The zero-order valence-corrected chi connectivity index (χ0v) is 11.7. The second-order valence-electron chi connectivity index (χ2n) is 3.81. The Balaban J connectivity index is 0.000000673. The molecule has 0 aliphatic rings. The van der Waals surface area contributed by atoms with Crippen LogP contribution in [0.25, 0.3) is 0 Å². The van der Waals surface area contributed by atoms with Crippen molar-refractivity contribution in [1.82, 2.24) is 5.32 Å². The predicted molar refractivity (Wildman–Crippen MR) is 71.9 cm³/mol. The number of unbranched alkanes of at least 4 members (excludes halogenated alkanes) is 2. The molecule has 0 amide bonds. The van der Waals surface area contributed by atoms with Crippen molar-refractivity contribution >= 4 is 11.3 Å². The molecule has 0 atom stereocenters. The minimum atomic E-state index is -0.0247. The van der Waals surface area contributed by atoms with E-state index in [1.807, 2.05) is 14.1 Å². The van der Waals surface area contributed by atoms with Crippen LogP contribution in [0.5, 0.6) is 0 Å². The molecule has 1 nitrogen and oxygen atoms in total. The van der Waals surface area contributed by atoms with E-state index in [0.29, 0.717) is 0 Å². The van der Waals surface area contributed by atoms with Crippen LogP contribution < -0.4 is 5.32 Å². The zero-order valence-electron chi connectivity index (χ0n) is 10.9. The van der Waals surface area contributed by atoms with Crippen LogP contribution in [0, 0.1) is 5.13 Å². The fourth-order valence-electron chi connectivity index (χ4n) is 1.48. The van der Waals surface area contributed by atoms with E-state index >= 15 is 0 Å². The topological polar surface area (TPSA) is 12.0 Å². The first-order valence-corrected chi connectivity index (χ1v) is 6.86. The lowest BCUT2D eigenvalue weighted by Crippen LogP contribution is -1.89. The average Bonchev–Trinajstić information content (AvgIpc) is 2.60. The Kier molecular flexibility index (Phi) is 9.54. The number of nitrogens with one attached hydrogen (secondary N) is 1. The molecule has 1 N–H and O–H groups in total. The van der Waals surface area contributed by atoms with Crippen LogP contribution in [0.15, 0.2) is 6.07 Å². The normalized spacial score (nSPS) is 9.81. The van der Waals surface area contributed by atoms with E-state index in [2.05, 4.69) is 19.2 Å². The molecule has 0 radical (unpaired) electrons. The molecule has 1 aromatic heterocycles. The third kappa shape index (κ3) is 6.23. The summed E-state index contributed by atoms with van der Waals surface area (Å²) in [6.07, 6.45) is 5.70. The van der Waals surface area contributed by atoms with Crippen molar-refractivity contribution in [3.63, 3.8) is 0 Å². The fraction of sp³-hybridized carbons (Fsp3) is 0.692. The van der Waals surface area contributed by atoms with Crippen molar-refractivity contribution in [2.75, 3.05) is 14.1 Å². The van der Waals surface area contributed by atoms with Gasteiger partial charge in [0.1, 0.15) is 0 Å². The molecular formula is C13H24FNS. The van der Waals surface area contributed by atoms with Gasteiger partial charge in [0.2, 0.25) is 0 Å². The minimum Gasteiger partial charge on any atom is -0.323 e. The largest absolute Gasteiger partial charge is 0.323 e. The highest BCUT2D eigenvalue weighted by atomic mass is 32.1. The van der Waals surface area contributed by atoms with E-state index in [0.717, 1.165) is 12.8 Å². The van der Waals surface area contributed by atoms with Gasteiger partial charge < -0.3 is 5.32 Å². The van der Waals surface area contributed by atoms with Crippen LogP contribution in [-0.4, -0.2) is 14.1 Å². The molecule has 1 rings (SSSR count). The van der Waals surface area contributed by atoms with Crippen LogP contribution in [-0.2, 0) is 12.8 Å². The summed E-state index contributed by atoms with van der Waals surface area (Å²) in [6, 6.07) is 1.69. The lowest BCUT2D eigenvalue weighted by Gasteiger charge is -1.99. The number of rotatable bonds is 5. The summed E-state index contributed by atoms with van der Waals surface area (Å²) >= 11 is 1.32. The van der Waals surface area contributed by atoms with Gasteiger partial charge in [0, 0.05) is 4.88 Å². The van der Waals surface area contributed by atoms with Crippen molar-refractivity contribution in [2.45, 2.75) is 46.0 Å².